The zero-order chi connectivity index (χ0) is 14.8. The third-order valence-corrected chi connectivity index (χ3v) is 4.91. The van der Waals surface area contributed by atoms with Crippen LogP contribution in [0, 0.1) is 11.8 Å². The zero-order valence-electron chi connectivity index (χ0n) is 13.1. The summed E-state index contributed by atoms with van der Waals surface area (Å²) >= 11 is 0. The molecule has 1 aliphatic carbocycles. The molecular formula is C18H26N2O. The van der Waals surface area contributed by atoms with Gasteiger partial charge in [-0.3, -0.25) is 4.79 Å². The van der Waals surface area contributed by atoms with E-state index in [2.05, 4.69) is 54.4 Å². The summed E-state index contributed by atoms with van der Waals surface area (Å²) in [5.74, 6) is 1.27. The van der Waals surface area contributed by atoms with Crippen LogP contribution in [-0.4, -0.2) is 29.9 Å². The number of carbonyl (C=O) groups excluding carboxylic acids is 1. The molecule has 1 heterocycles. The number of piperidine rings is 1. The van der Waals surface area contributed by atoms with Crippen molar-refractivity contribution in [3.63, 3.8) is 0 Å². The Labute approximate surface area is 127 Å². The maximum absolute atomic E-state index is 12.2. The molecule has 0 aromatic heterocycles. The van der Waals surface area contributed by atoms with Gasteiger partial charge in [-0.1, -0.05) is 37.3 Å². The first-order chi connectivity index (χ1) is 10.1. The molecule has 1 aliphatic heterocycles. The molecule has 3 nitrogen and oxygen atoms in total. The van der Waals surface area contributed by atoms with Gasteiger partial charge in [0.2, 0.25) is 5.91 Å². The highest BCUT2D eigenvalue weighted by molar-refractivity contribution is 5.81. The molecule has 1 aromatic carbocycles. The molecule has 114 valence electrons. The van der Waals surface area contributed by atoms with E-state index in [1.807, 2.05) is 0 Å². The van der Waals surface area contributed by atoms with Gasteiger partial charge in [-0.2, -0.15) is 0 Å². The lowest BCUT2D eigenvalue weighted by Crippen LogP contribution is -2.50. The molecule has 2 aliphatic rings. The maximum atomic E-state index is 12.2. The van der Waals surface area contributed by atoms with Gasteiger partial charge in [0.15, 0.2) is 0 Å². The molecule has 1 aromatic rings. The fourth-order valence-electron chi connectivity index (χ4n) is 3.34. The predicted molar refractivity (Wildman–Crippen MR) is 84.9 cm³/mol. The van der Waals surface area contributed by atoms with Crippen LogP contribution in [0.25, 0.3) is 0 Å². The van der Waals surface area contributed by atoms with Gasteiger partial charge >= 0.3 is 0 Å². The molecule has 1 saturated carbocycles. The summed E-state index contributed by atoms with van der Waals surface area (Å²) in [4.78, 5) is 14.3. The number of amides is 1. The summed E-state index contributed by atoms with van der Waals surface area (Å²) in [6.45, 7) is 6.32. The smallest absolute Gasteiger partial charge is 0.225 e. The number of hydrogen-bond acceptors (Lipinski definition) is 2. The van der Waals surface area contributed by atoms with Crippen LogP contribution in [0.1, 0.15) is 44.7 Å². The minimum atomic E-state index is 0.352. The van der Waals surface area contributed by atoms with E-state index in [9.17, 15) is 4.79 Å². The van der Waals surface area contributed by atoms with Crippen LogP contribution >= 0.6 is 0 Å². The van der Waals surface area contributed by atoms with Gasteiger partial charge in [-0.25, -0.2) is 0 Å². The average Bonchev–Trinajstić information content (AvgIpc) is 3.34. The maximum Gasteiger partial charge on any atom is 0.225 e. The fourth-order valence-corrected chi connectivity index (χ4v) is 3.34. The summed E-state index contributed by atoms with van der Waals surface area (Å²) in [5, 5.41) is 3.75. The molecule has 0 radical (unpaired) electrons. The first kappa shape index (κ1) is 14.6. The van der Waals surface area contributed by atoms with Crippen molar-refractivity contribution < 1.29 is 4.79 Å². The molecule has 3 atom stereocenters. The van der Waals surface area contributed by atoms with Crippen molar-refractivity contribution >= 4 is 5.91 Å². The van der Waals surface area contributed by atoms with Crippen LogP contribution in [0.3, 0.4) is 0 Å². The largest absolute Gasteiger partial charge is 0.342 e. The minimum absolute atomic E-state index is 0.352. The van der Waals surface area contributed by atoms with Crippen molar-refractivity contribution in [3.05, 3.63) is 35.9 Å². The standard InChI is InChI=1S/C18H26N2O/c1-13-12-20(18(21)16-8-9-16)11-10-17(13)19-14(2)15-6-4-3-5-7-15/h3-7,13-14,16-17,19H,8-12H2,1-2H3. The summed E-state index contributed by atoms with van der Waals surface area (Å²) in [6.07, 6.45) is 3.28. The normalized spacial score (nSPS) is 27.4. The van der Waals surface area contributed by atoms with Crippen molar-refractivity contribution in [3.8, 4) is 0 Å². The molecule has 1 amide bonds. The lowest BCUT2D eigenvalue weighted by Gasteiger charge is -2.39. The fraction of sp³-hybridized carbons (Fsp3) is 0.611. The van der Waals surface area contributed by atoms with Crippen molar-refractivity contribution in [1.29, 1.82) is 0 Å². The lowest BCUT2D eigenvalue weighted by atomic mass is 9.92. The lowest BCUT2D eigenvalue weighted by molar-refractivity contribution is -0.134. The number of benzene rings is 1. The summed E-state index contributed by atoms with van der Waals surface area (Å²) in [5.41, 5.74) is 1.33. The van der Waals surface area contributed by atoms with Crippen LogP contribution in [0.2, 0.25) is 0 Å². The molecule has 3 rings (SSSR count). The van der Waals surface area contributed by atoms with Crippen molar-refractivity contribution in [2.45, 2.75) is 45.2 Å². The Hall–Kier alpha value is -1.35. The van der Waals surface area contributed by atoms with Gasteiger partial charge in [0, 0.05) is 31.1 Å². The number of carbonyl (C=O) groups is 1. The van der Waals surface area contributed by atoms with Crippen LogP contribution in [0.4, 0.5) is 0 Å². The number of rotatable bonds is 4. The molecular weight excluding hydrogens is 260 g/mol. The molecule has 3 heteroatoms. The minimum Gasteiger partial charge on any atom is -0.342 e. The van der Waals surface area contributed by atoms with Crippen molar-refractivity contribution in [2.75, 3.05) is 13.1 Å². The Morgan fingerprint density at radius 3 is 2.57 bits per heavy atom. The van der Waals surface area contributed by atoms with Gasteiger partial charge in [-0.05, 0) is 37.7 Å². The second kappa shape index (κ2) is 6.18. The Morgan fingerprint density at radius 1 is 1.24 bits per heavy atom. The highest BCUT2D eigenvalue weighted by Crippen LogP contribution is 2.32. The van der Waals surface area contributed by atoms with E-state index < -0.39 is 0 Å². The zero-order valence-corrected chi connectivity index (χ0v) is 13.1. The molecule has 1 N–H and O–H groups in total. The average molecular weight is 286 g/mol. The number of hydrogen-bond donors (Lipinski definition) is 1. The SMILES string of the molecule is CC(NC1CCN(C(=O)C2CC2)CC1C)c1ccccc1. The van der Waals surface area contributed by atoms with Crippen molar-refractivity contribution in [1.82, 2.24) is 10.2 Å². The monoisotopic (exact) mass is 286 g/mol. The molecule has 2 fully saturated rings. The molecule has 3 unspecified atom stereocenters. The van der Waals surface area contributed by atoms with Crippen molar-refractivity contribution in [2.24, 2.45) is 11.8 Å². The van der Waals surface area contributed by atoms with E-state index in [0.717, 1.165) is 32.4 Å². The van der Waals surface area contributed by atoms with E-state index in [0.29, 0.717) is 29.8 Å². The Kier molecular flexibility index (Phi) is 4.29. The Balaban J connectivity index is 1.54. The van der Waals surface area contributed by atoms with E-state index in [-0.39, 0.29) is 0 Å². The topological polar surface area (TPSA) is 32.3 Å². The highest BCUT2D eigenvalue weighted by atomic mass is 16.2. The van der Waals surface area contributed by atoms with Crippen LogP contribution in [0.15, 0.2) is 30.3 Å². The van der Waals surface area contributed by atoms with Gasteiger partial charge in [0.05, 0.1) is 0 Å². The number of likely N-dealkylation sites (tertiary alicyclic amines) is 1. The van der Waals surface area contributed by atoms with Gasteiger partial charge in [0.25, 0.3) is 0 Å². The predicted octanol–water partition coefficient (Wildman–Crippen LogP) is 2.98. The highest BCUT2D eigenvalue weighted by Gasteiger charge is 2.36. The molecule has 21 heavy (non-hydrogen) atoms. The van der Waals surface area contributed by atoms with Gasteiger partial charge < -0.3 is 10.2 Å². The van der Waals surface area contributed by atoms with Crippen LogP contribution in [0.5, 0.6) is 0 Å². The third-order valence-electron chi connectivity index (χ3n) is 4.91. The summed E-state index contributed by atoms with van der Waals surface area (Å²) in [6, 6.07) is 11.5. The Bertz CT molecular complexity index is 483. The van der Waals surface area contributed by atoms with E-state index in [1.165, 1.54) is 5.56 Å². The molecule has 1 saturated heterocycles. The van der Waals surface area contributed by atoms with E-state index in [1.54, 1.807) is 0 Å². The molecule has 0 spiro atoms. The summed E-state index contributed by atoms with van der Waals surface area (Å²) < 4.78 is 0. The third kappa shape index (κ3) is 3.46. The summed E-state index contributed by atoms with van der Waals surface area (Å²) in [7, 11) is 0. The van der Waals surface area contributed by atoms with E-state index in [4.69, 9.17) is 0 Å². The van der Waals surface area contributed by atoms with E-state index >= 15 is 0 Å². The number of nitrogens with one attached hydrogen (secondary N) is 1. The first-order valence-electron chi connectivity index (χ1n) is 8.25. The quantitative estimate of drug-likeness (QED) is 0.923. The first-order valence-corrected chi connectivity index (χ1v) is 8.25. The van der Waals surface area contributed by atoms with Crippen LogP contribution < -0.4 is 5.32 Å². The number of nitrogens with zero attached hydrogens (tertiary/aromatic N) is 1. The van der Waals surface area contributed by atoms with Crippen LogP contribution in [-0.2, 0) is 4.79 Å². The van der Waals surface area contributed by atoms with Gasteiger partial charge in [-0.15, -0.1) is 0 Å². The second-order valence-corrected chi connectivity index (χ2v) is 6.73. The Morgan fingerprint density at radius 2 is 1.95 bits per heavy atom. The molecule has 0 bridgehead atoms. The van der Waals surface area contributed by atoms with Gasteiger partial charge in [0.1, 0.15) is 0 Å². The second-order valence-electron chi connectivity index (χ2n) is 6.73.